The Morgan fingerprint density at radius 1 is 1.05 bits per heavy atom. The second-order valence-electron chi connectivity index (χ2n) is 10.5. The van der Waals surface area contributed by atoms with Crippen LogP contribution in [0, 0.1) is 0 Å². The number of amides is 1. The minimum atomic E-state index is -5.08. The number of aromatic nitrogens is 3. The van der Waals surface area contributed by atoms with Gasteiger partial charge in [0.05, 0.1) is 18.9 Å². The molecule has 3 aromatic rings. The van der Waals surface area contributed by atoms with Crippen molar-refractivity contribution in [2.24, 2.45) is 0 Å². The minimum Gasteiger partial charge on any atom is -0.477 e. The van der Waals surface area contributed by atoms with Crippen LogP contribution >= 0.6 is 0 Å². The first-order valence-electron chi connectivity index (χ1n) is 13.1. The van der Waals surface area contributed by atoms with Crippen LogP contribution < -0.4 is 10.1 Å². The van der Waals surface area contributed by atoms with Crippen LogP contribution in [0.5, 0.6) is 5.88 Å². The van der Waals surface area contributed by atoms with Gasteiger partial charge in [0, 0.05) is 6.42 Å². The summed E-state index contributed by atoms with van der Waals surface area (Å²) in [5, 5.41) is 9.42. The molecule has 0 saturated carbocycles. The highest BCUT2D eigenvalue weighted by molar-refractivity contribution is 5.89. The number of halogens is 6. The van der Waals surface area contributed by atoms with Gasteiger partial charge < -0.3 is 18.6 Å². The maximum absolute atomic E-state index is 14.8. The Hall–Kier alpha value is -4.14. The fraction of sp³-hybridized carbons (Fsp3) is 0.429. The number of fused-ring (bicyclic) bond motifs is 5. The topological polar surface area (TPSA) is 109 Å². The van der Waals surface area contributed by atoms with Gasteiger partial charge in [-0.1, -0.05) is 42.5 Å². The second-order valence-corrected chi connectivity index (χ2v) is 10.5. The van der Waals surface area contributed by atoms with Crippen LogP contribution in [0.15, 0.2) is 53.0 Å². The van der Waals surface area contributed by atoms with E-state index in [-0.39, 0.29) is 19.4 Å². The van der Waals surface area contributed by atoms with Gasteiger partial charge in [0.15, 0.2) is 5.69 Å². The van der Waals surface area contributed by atoms with Crippen LogP contribution in [0.1, 0.15) is 57.1 Å². The van der Waals surface area contributed by atoms with Gasteiger partial charge in [-0.3, -0.25) is 5.32 Å². The van der Waals surface area contributed by atoms with Gasteiger partial charge in [-0.05, 0) is 45.2 Å². The monoisotopic (exact) mass is 614 g/mol. The summed E-state index contributed by atoms with van der Waals surface area (Å²) in [4.78, 5) is 16.4. The Kier molecular flexibility index (Phi) is 9.04. The lowest BCUT2D eigenvalue weighted by atomic mass is 9.97. The zero-order chi connectivity index (χ0) is 31.5. The molecule has 1 aliphatic rings. The lowest BCUT2D eigenvalue weighted by Gasteiger charge is -2.31. The van der Waals surface area contributed by atoms with Crippen molar-refractivity contribution in [2.45, 2.75) is 70.2 Å². The molecule has 1 N–H and O–H groups in total. The molecule has 9 nitrogen and oxygen atoms in total. The fourth-order valence-electron chi connectivity index (χ4n) is 4.01. The molecule has 0 fully saturated rings. The molecular formula is C28H28F6N4O5. The van der Waals surface area contributed by atoms with E-state index in [1.807, 2.05) is 0 Å². The van der Waals surface area contributed by atoms with Crippen molar-refractivity contribution in [1.82, 2.24) is 15.2 Å². The van der Waals surface area contributed by atoms with E-state index in [1.165, 1.54) is 32.9 Å². The number of alkyl halides is 6. The Morgan fingerprint density at radius 2 is 1.77 bits per heavy atom. The number of hydrogen-bond acceptors (Lipinski definition) is 8. The zero-order valence-corrected chi connectivity index (χ0v) is 23.3. The molecule has 2 aromatic heterocycles. The van der Waals surface area contributed by atoms with E-state index >= 15 is 0 Å². The Bertz CT molecular complexity index is 1450. The Labute approximate surface area is 242 Å². The summed E-state index contributed by atoms with van der Waals surface area (Å²) < 4.78 is 108. The molecule has 1 aromatic carbocycles. The van der Waals surface area contributed by atoms with E-state index in [9.17, 15) is 31.1 Å². The fourth-order valence-corrected chi connectivity index (χ4v) is 4.01. The number of carbonyl (C=O) groups is 1. The van der Waals surface area contributed by atoms with Crippen molar-refractivity contribution in [2.75, 3.05) is 11.9 Å². The largest absolute Gasteiger partial charge is 0.477 e. The van der Waals surface area contributed by atoms with Crippen LogP contribution in [-0.4, -0.2) is 39.7 Å². The highest BCUT2D eigenvalue weighted by atomic mass is 19.4. The molecule has 1 amide bonds. The van der Waals surface area contributed by atoms with Crippen molar-refractivity contribution in [1.29, 1.82) is 0 Å². The molecule has 3 heterocycles. The third-order valence-electron chi connectivity index (χ3n) is 6.01. The molecule has 0 unspecified atom stereocenters. The lowest BCUT2D eigenvalue weighted by molar-refractivity contribution is -0.295. The number of benzene rings is 1. The standard InChI is InChI=1S/C28H28F6N4O5/c1-25(2,3)43-24(39)35-19-15-18(27(29,30)31)21-36-20(19)22-37-38-23(42-22)26(28(32,33)34,13-9-4-5-10-14-40-21)41-16-17-11-7-6-8-12-17/h4,6-9,11-12,15H,5,10,13-14,16H2,1-3H3,(H,35,39)/b9-4-/t26-/m1/s1. The molecular weight excluding hydrogens is 586 g/mol. The quantitative estimate of drug-likeness (QED) is 0.237. The van der Waals surface area contributed by atoms with Gasteiger partial charge in [-0.15, -0.1) is 10.2 Å². The summed E-state index contributed by atoms with van der Waals surface area (Å²) in [5.74, 6) is -2.63. The van der Waals surface area contributed by atoms with Gasteiger partial charge in [-0.25, -0.2) is 9.78 Å². The number of ether oxygens (including phenoxy) is 3. The molecule has 0 aliphatic carbocycles. The van der Waals surface area contributed by atoms with Gasteiger partial charge in [0.1, 0.15) is 11.2 Å². The predicted octanol–water partition coefficient (Wildman–Crippen LogP) is 7.59. The van der Waals surface area contributed by atoms with Gasteiger partial charge in [0.2, 0.25) is 11.5 Å². The van der Waals surface area contributed by atoms with Crippen molar-refractivity contribution in [3.8, 4) is 17.5 Å². The van der Waals surface area contributed by atoms with Gasteiger partial charge in [0.25, 0.3) is 11.8 Å². The van der Waals surface area contributed by atoms with Crippen LogP contribution in [0.2, 0.25) is 0 Å². The molecule has 0 radical (unpaired) electrons. The first kappa shape index (κ1) is 31.8. The van der Waals surface area contributed by atoms with E-state index in [2.05, 4.69) is 20.5 Å². The molecule has 4 bridgehead atoms. The normalized spacial score (nSPS) is 18.7. The maximum Gasteiger partial charge on any atom is 0.426 e. The molecule has 15 heteroatoms. The molecule has 43 heavy (non-hydrogen) atoms. The number of carbonyl (C=O) groups excluding carboxylic acids is 1. The smallest absolute Gasteiger partial charge is 0.426 e. The highest BCUT2D eigenvalue weighted by Crippen LogP contribution is 2.47. The summed E-state index contributed by atoms with van der Waals surface area (Å²) in [6.07, 6.45) is -8.98. The summed E-state index contributed by atoms with van der Waals surface area (Å²) in [7, 11) is 0. The third-order valence-corrected chi connectivity index (χ3v) is 6.01. The predicted molar refractivity (Wildman–Crippen MR) is 140 cm³/mol. The second kappa shape index (κ2) is 12.2. The number of rotatable bonds is 4. The SMILES string of the molecule is CC(C)(C)OC(=O)Nc1cc(C(F)(F)F)c2nc1-c1nnc(o1)[C@@](OCc1ccccc1)(C(F)(F)F)C/C=C\CCCO2. The van der Waals surface area contributed by atoms with Gasteiger partial charge in [-0.2, -0.15) is 26.3 Å². The van der Waals surface area contributed by atoms with E-state index < -0.39 is 77.3 Å². The summed E-state index contributed by atoms with van der Waals surface area (Å²) in [6.45, 7) is 3.85. The molecule has 232 valence electrons. The van der Waals surface area contributed by atoms with Crippen LogP contribution in [0.25, 0.3) is 11.6 Å². The molecule has 0 spiro atoms. The molecule has 1 atom stereocenters. The Morgan fingerprint density at radius 3 is 2.42 bits per heavy atom. The van der Waals surface area contributed by atoms with Crippen molar-refractivity contribution in [3.63, 3.8) is 0 Å². The first-order chi connectivity index (χ1) is 20.1. The number of anilines is 1. The Balaban J connectivity index is 1.88. The first-order valence-corrected chi connectivity index (χ1v) is 13.1. The van der Waals surface area contributed by atoms with Crippen molar-refractivity contribution < 1.29 is 49.8 Å². The average Bonchev–Trinajstić information content (AvgIpc) is 3.38. The number of nitrogens with zero attached hydrogens (tertiary/aromatic N) is 3. The summed E-state index contributed by atoms with van der Waals surface area (Å²) in [5.41, 5.74) is -6.25. The summed E-state index contributed by atoms with van der Waals surface area (Å²) >= 11 is 0. The highest BCUT2D eigenvalue weighted by Gasteiger charge is 2.61. The number of pyridine rings is 1. The van der Waals surface area contributed by atoms with Crippen molar-refractivity contribution in [3.05, 3.63) is 65.6 Å². The molecule has 0 saturated heterocycles. The minimum absolute atomic E-state index is 0.158. The number of nitrogens with one attached hydrogen (secondary N) is 1. The third kappa shape index (κ3) is 7.63. The van der Waals surface area contributed by atoms with Crippen LogP contribution in [0.4, 0.5) is 36.8 Å². The maximum atomic E-state index is 14.8. The van der Waals surface area contributed by atoms with Crippen LogP contribution in [-0.2, 0) is 27.9 Å². The number of hydrogen-bond donors (Lipinski definition) is 1. The molecule has 1 aliphatic heterocycles. The van der Waals surface area contributed by atoms with E-state index in [4.69, 9.17) is 18.6 Å². The van der Waals surface area contributed by atoms with E-state index in [0.717, 1.165) is 0 Å². The van der Waals surface area contributed by atoms with E-state index in [0.29, 0.717) is 11.6 Å². The van der Waals surface area contributed by atoms with Gasteiger partial charge >= 0.3 is 18.4 Å². The lowest BCUT2D eigenvalue weighted by Crippen LogP contribution is -2.45. The van der Waals surface area contributed by atoms with E-state index in [1.54, 1.807) is 30.3 Å². The summed E-state index contributed by atoms with van der Waals surface area (Å²) in [6, 6.07) is 8.61. The van der Waals surface area contributed by atoms with Crippen LogP contribution in [0.3, 0.4) is 0 Å². The zero-order valence-electron chi connectivity index (χ0n) is 23.3. The average molecular weight is 615 g/mol. The number of allylic oxidation sites excluding steroid dienone is 1. The molecule has 4 rings (SSSR count). The van der Waals surface area contributed by atoms with Crippen molar-refractivity contribution >= 4 is 11.8 Å².